The molecule has 11 heteroatoms. The first-order valence-electron chi connectivity index (χ1n) is 8.81. The van der Waals surface area contributed by atoms with Gasteiger partial charge in [0.05, 0.1) is 24.3 Å². The van der Waals surface area contributed by atoms with Crippen LogP contribution < -0.4 is 5.73 Å². The molecule has 0 radical (unpaired) electrons. The zero-order chi connectivity index (χ0) is 21.0. The summed E-state index contributed by atoms with van der Waals surface area (Å²) in [5, 5.41) is 1.67. The maximum Gasteiger partial charge on any atom is 0.268 e. The number of nitrogens with two attached hydrogens (primary N) is 1. The maximum atomic E-state index is 13.3. The van der Waals surface area contributed by atoms with Crippen molar-refractivity contribution in [1.29, 1.82) is 0 Å². The lowest BCUT2D eigenvalue weighted by Gasteiger charge is -2.35. The minimum absolute atomic E-state index is 0.102. The van der Waals surface area contributed by atoms with Crippen LogP contribution in [0.15, 0.2) is 27.9 Å². The summed E-state index contributed by atoms with van der Waals surface area (Å²) < 4.78 is 21.3. The SMILES string of the molecule is CC(=O)N(C[C@@H]1CN(Cc2ccc(F)c(Cl)c2)CCO1)Sc1nc(C(N)=O)cs1. The van der Waals surface area contributed by atoms with Crippen molar-refractivity contribution in [2.45, 2.75) is 23.9 Å². The first kappa shape index (κ1) is 22.0. The second-order valence-corrected chi connectivity index (χ2v) is 9.04. The van der Waals surface area contributed by atoms with E-state index in [0.29, 0.717) is 30.6 Å². The van der Waals surface area contributed by atoms with Crippen LogP contribution >= 0.6 is 34.9 Å². The number of thiazole rings is 1. The number of benzene rings is 1. The van der Waals surface area contributed by atoms with E-state index >= 15 is 0 Å². The Morgan fingerprint density at radius 1 is 1.52 bits per heavy atom. The van der Waals surface area contributed by atoms with E-state index in [0.717, 1.165) is 24.1 Å². The maximum absolute atomic E-state index is 13.3. The number of hydrogen-bond donors (Lipinski definition) is 1. The summed E-state index contributed by atoms with van der Waals surface area (Å²) in [5.41, 5.74) is 6.32. The van der Waals surface area contributed by atoms with Gasteiger partial charge in [-0.05, 0) is 17.7 Å². The molecule has 0 bridgehead atoms. The molecule has 1 fully saturated rings. The van der Waals surface area contributed by atoms with Gasteiger partial charge in [-0.1, -0.05) is 17.7 Å². The van der Waals surface area contributed by atoms with Crippen molar-refractivity contribution in [3.8, 4) is 0 Å². The van der Waals surface area contributed by atoms with Gasteiger partial charge in [-0.3, -0.25) is 18.8 Å². The topological polar surface area (TPSA) is 88.8 Å². The van der Waals surface area contributed by atoms with Gasteiger partial charge in [0.25, 0.3) is 5.91 Å². The van der Waals surface area contributed by atoms with Crippen LogP contribution in [0.4, 0.5) is 4.39 Å². The third kappa shape index (κ3) is 6.13. The third-order valence-corrected chi connectivity index (χ3v) is 6.57. The normalized spacial score (nSPS) is 17.3. The van der Waals surface area contributed by atoms with Crippen molar-refractivity contribution in [2.24, 2.45) is 5.73 Å². The lowest BCUT2D eigenvalue weighted by molar-refractivity contribution is -0.126. The van der Waals surface area contributed by atoms with Crippen molar-refractivity contribution in [2.75, 3.05) is 26.2 Å². The molecule has 156 valence electrons. The molecule has 0 spiro atoms. The molecule has 1 aromatic heterocycles. The molecule has 29 heavy (non-hydrogen) atoms. The molecule has 1 atom stereocenters. The summed E-state index contributed by atoms with van der Waals surface area (Å²) in [6, 6.07) is 4.69. The van der Waals surface area contributed by atoms with Crippen LogP contribution in [0, 0.1) is 5.82 Å². The molecule has 1 aromatic carbocycles. The molecular formula is C18H20ClFN4O3S2. The van der Waals surface area contributed by atoms with Crippen molar-refractivity contribution in [3.63, 3.8) is 0 Å². The second kappa shape index (κ2) is 9.86. The molecule has 2 amide bonds. The minimum atomic E-state index is -0.602. The Bertz CT molecular complexity index is 898. The van der Waals surface area contributed by atoms with Crippen molar-refractivity contribution in [3.05, 3.63) is 45.7 Å². The number of amides is 2. The fraction of sp³-hybridized carbons (Fsp3) is 0.389. The fourth-order valence-electron chi connectivity index (χ4n) is 2.85. The van der Waals surface area contributed by atoms with Crippen LogP contribution in [0.5, 0.6) is 0 Å². The summed E-state index contributed by atoms with van der Waals surface area (Å²) >= 11 is 8.28. The van der Waals surface area contributed by atoms with Crippen molar-refractivity contribution in [1.82, 2.24) is 14.2 Å². The van der Waals surface area contributed by atoms with Crippen LogP contribution in [0.2, 0.25) is 5.02 Å². The number of nitrogens with zero attached hydrogens (tertiary/aromatic N) is 3. The van der Waals surface area contributed by atoms with Gasteiger partial charge in [0, 0.05) is 43.9 Å². The number of rotatable bonds is 7. The Kier molecular flexibility index (Phi) is 7.47. The molecule has 2 aromatic rings. The van der Waals surface area contributed by atoms with Gasteiger partial charge in [0.1, 0.15) is 11.5 Å². The standard InChI is InChI=1S/C18H20ClFN4O3S2/c1-11(25)24(29-18-22-16(10-28-18)17(21)26)9-13-8-23(4-5-27-13)7-12-2-3-15(20)14(19)6-12/h2-3,6,10,13H,4-5,7-9H2,1H3,(H2,21,26)/t13-/m0/s1. The molecule has 3 rings (SSSR count). The Labute approximate surface area is 181 Å². The van der Waals surface area contributed by atoms with E-state index < -0.39 is 11.7 Å². The highest BCUT2D eigenvalue weighted by molar-refractivity contribution is 7.99. The van der Waals surface area contributed by atoms with E-state index in [1.54, 1.807) is 21.8 Å². The predicted molar refractivity (Wildman–Crippen MR) is 110 cm³/mol. The Balaban J connectivity index is 1.59. The number of morpholine rings is 1. The van der Waals surface area contributed by atoms with Crippen LogP contribution in [0.3, 0.4) is 0 Å². The number of hydrogen-bond acceptors (Lipinski definition) is 7. The summed E-state index contributed by atoms with van der Waals surface area (Å²) in [5.74, 6) is -1.18. The quantitative estimate of drug-likeness (QED) is 0.642. The number of carbonyl (C=O) groups is 2. The van der Waals surface area contributed by atoms with Gasteiger partial charge in [-0.15, -0.1) is 11.3 Å². The van der Waals surface area contributed by atoms with Gasteiger partial charge in [0.2, 0.25) is 5.91 Å². The largest absolute Gasteiger partial charge is 0.374 e. The molecule has 0 saturated carbocycles. The summed E-state index contributed by atoms with van der Waals surface area (Å²) in [6.07, 6.45) is -0.188. The second-order valence-electron chi connectivity index (χ2n) is 6.51. The van der Waals surface area contributed by atoms with E-state index in [2.05, 4.69) is 9.88 Å². The number of ether oxygens (including phenoxy) is 1. The zero-order valence-electron chi connectivity index (χ0n) is 15.6. The van der Waals surface area contributed by atoms with Crippen LogP contribution in [-0.2, 0) is 16.1 Å². The Morgan fingerprint density at radius 2 is 2.31 bits per heavy atom. The molecular weight excluding hydrogens is 439 g/mol. The van der Waals surface area contributed by atoms with Gasteiger partial charge in [-0.2, -0.15) is 0 Å². The molecule has 0 aliphatic carbocycles. The average molecular weight is 459 g/mol. The lowest BCUT2D eigenvalue weighted by Crippen LogP contribution is -2.46. The minimum Gasteiger partial charge on any atom is -0.374 e. The fourth-order valence-corrected chi connectivity index (χ4v) is 4.87. The van der Waals surface area contributed by atoms with Crippen LogP contribution in [0.25, 0.3) is 0 Å². The average Bonchev–Trinajstić information content (AvgIpc) is 3.13. The zero-order valence-corrected chi connectivity index (χ0v) is 18.0. The molecule has 1 saturated heterocycles. The first-order valence-corrected chi connectivity index (χ1v) is 10.8. The van der Waals surface area contributed by atoms with Crippen molar-refractivity contribution < 1.29 is 18.7 Å². The van der Waals surface area contributed by atoms with Gasteiger partial charge in [-0.25, -0.2) is 9.37 Å². The van der Waals surface area contributed by atoms with Crippen molar-refractivity contribution >= 4 is 46.7 Å². The third-order valence-electron chi connectivity index (χ3n) is 4.26. The number of aromatic nitrogens is 1. The van der Waals surface area contributed by atoms with Gasteiger partial charge in [0.15, 0.2) is 4.34 Å². The highest BCUT2D eigenvalue weighted by Gasteiger charge is 2.25. The van der Waals surface area contributed by atoms with Crippen LogP contribution in [-0.4, -0.2) is 58.3 Å². The first-order chi connectivity index (χ1) is 13.8. The molecule has 2 N–H and O–H groups in total. The summed E-state index contributed by atoms with van der Waals surface area (Å²) in [6.45, 7) is 4.32. The van der Waals surface area contributed by atoms with Crippen LogP contribution in [0.1, 0.15) is 23.0 Å². The van der Waals surface area contributed by atoms with Gasteiger partial charge < -0.3 is 10.5 Å². The highest BCUT2D eigenvalue weighted by atomic mass is 35.5. The number of halogens is 2. The van der Waals surface area contributed by atoms with E-state index in [-0.39, 0.29) is 22.7 Å². The lowest BCUT2D eigenvalue weighted by atomic mass is 10.2. The van der Waals surface area contributed by atoms with E-state index in [1.807, 2.05) is 0 Å². The monoisotopic (exact) mass is 458 g/mol. The molecule has 2 heterocycles. The molecule has 1 aliphatic rings. The van der Waals surface area contributed by atoms with E-state index in [9.17, 15) is 14.0 Å². The molecule has 0 unspecified atom stereocenters. The molecule has 1 aliphatic heterocycles. The summed E-state index contributed by atoms with van der Waals surface area (Å²) in [7, 11) is 0. The predicted octanol–water partition coefficient (Wildman–Crippen LogP) is 2.79. The Hall–Kier alpha value is -1.72. The van der Waals surface area contributed by atoms with Gasteiger partial charge >= 0.3 is 0 Å². The summed E-state index contributed by atoms with van der Waals surface area (Å²) in [4.78, 5) is 29.6. The Morgan fingerprint density at radius 3 is 2.97 bits per heavy atom. The highest BCUT2D eigenvalue weighted by Crippen LogP contribution is 2.27. The molecule has 7 nitrogen and oxygen atoms in total. The van der Waals surface area contributed by atoms with E-state index in [1.165, 1.54) is 24.3 Å². The number of primary amides is 1. The number of carbonyl (C=O) groups excluding carboxylic acids is 2. The smallest absolute Gasteiger partial charge is 0.268 e. The van der Waals surface area contributed by atoms with E-state index in [4.69, 9.17) is 22.1 Å².